The average molecular weight is 394 g/mol. The van der Waals surface area contributed by atoms with E-state index in [1.54, 1.807) is 0 Å². The maximum absolute atomic E-state index is 12.8. The smallest absolute Gasteiger partial charge is 0.222 e. The third-order valence-electron chi connectivity index (χ3n) is 5.86. The molecular weight excluding hydrogens is 362 g/mol. The minimum Gasteiger partial charge on any atom is -0.490 e. The van der Waals surface area contributed by atoms with Gasteiger partial charge in [0.25, 0.3) is 0 Å². The molecule has 2 aliphatic rings. The number of aromatic nitrogens is 1. The SMILES string of the molecule is Cc1cccc(CN2CCCN(C(=O)CCc3ccc4c(c3)C[C@@H](C)O4)CC2)n1. The van der Waals surface area contributed by atoms with Gasteiger partial charge >= 0.3 is 0 Å². The molecule has 1 fully saturated rings. The predicted molar refractivity (Wildman–Crippen MR) is 114 cm³/mol. The summed E-state index contributed by atoms with van der Waals surface area (Å²) in [5, 5.41) is 0. The largest absolute Gasteiger partial charge is 0.490 e. The highest BCUT2D eigenvalue weighted by Gasteiger charge is 2.21. The van der Waals surface area contributed by atoms with Crippen molar-refractivity contribution in [3.05, 3.63) is 58.9 Å². The minimum atomic E-state index is 0.261. The van der Waals surface area contributed by atoms with Crippen molar-refractivity contribution in [1.29, 1.82) is 0 Å². The molecule has 154 valence electrons. The second kappa shape index (κ2) is 8.95. The number of nitrogens with zero attached hydrogens (tertiary/aromatic N) is 3. The van der Waals surface area contributed by atoms with Gasteiger partial charge in [-0.15, -0.1) is 0 Å². The summed E-state index contributed by atoms with van der Waals surface area (Å²) in [6.45, 7) is 8.57. The van der Waals surface area contributed by atoms with Crippen LogP contribution >= 0.6 is 0 Å². The Labute approximate surface area is 173 Å². The zero-order valence-corrected chi connectivity index (χ0v) is 17.6. The number of benzene rings is 1. The lowest BCUT2D eigenvalue weighted by atomic mass is 10.0. The van der Waals surface area contributed by atoms with Gasteiger partial charge in [0.05, 0.1) is 5.69 Å². The van der Waals surface area contributed by atoms with Crippen LogP contribution in [-0.4, -0.2) is 53.0 Å². The molecular formula is C24H31N3O2. The maximum atomic E-state index is 12.8. The van der Waals surface area contributed by atoms with Crippen molar-refractivity contribution in [3.8, 4) is 5.75 Å². The van der Waals surface area contributed by atoms with Crippen molar-refractivity contribution in [1.82, 2.24) is 14.8 Å². The topological polar surface area (TPSA) is 45.7 Å². The molecule has 29 heavy (non-hydrogen) atoms. The van der Waals surface area contributed by atoms with Crippen molar-refractivity contribution >= 4 is 5.91 Å². The van der Waals surface area contributed by atoms with Crippen LogP contribution in [0.2, 0.25) is 0 Å². The van der Waals surface area contributed by atoms with E-state index in [9.17, 15) is 4.79 Å². The van der Waals surface area contributed by atoms with Gasteiger partial charge in [0, 0.05) is 51.3 Å². The van der Waals surface area contributed by atoms with Gasteiger partial charge in [-0.25, -0.2) is 0 Å². The number of pyridine rings is 1. The number of aryl methyl sites for hydroxylation is 2. The molecule has 2 aromatic rings. The van der Waals surface area contributed by atoms with Gasteiger partial charge in [-0.1, -0.05) is 18.2 Å². The summed E-state index contributed by atoms with van der Waals surface area (Å²) in [6.07, 6.45) is 3.63. The molecule has 0 spiro atoms. The van der Waals surface area contributed by atoms with Crippen molar-refractivity contribution in [2.75, 3.05) is 26.2 Å². The molecule has 3 heterocycles. The van der Waals surface area contributed by atoms with E-state index in [4.69, 9.17) is 4.74 Å². The molecule has 1 aromatic carbocycles. The van der Waals surface area contributed by atoms with Crippen molar-refractivity contribution in [3.63, 3.8) is 0 Å². The Bertz CT molecular complexity index is 867. The third-order valence-corrected chi connectivity index (χ3v) is 5.86. The summed E-state index contributed by atoms with van der Waals surface area (Å²) in [6, 6.07) is 12.6. The molecule has 1 aromatic heterocycles. The Balaban J connectivity index is 1.27. The predicted octanol–water partition coefficient (Wildman–Crippen LogP) is 3.38. The molecule has 1 amide bonds. The van der Waals surface area contributed by atoms with Crippen LogP contribution in [0.5, 0.6) is 5.75 Å². The fourth-order valence-corrected chi connectivity index (χ4v) is 4.34. The van der Waals surface area contributed by atoms with Crippen LogP contribution < -0.4 is 4.74 Å². The highest BCUT2D eigenvalue weighted by atomic mass is 16.5. The Morgan fingerprint density at radius 1 is 1.17 bits per heavy atom. The number of ether oxygens (including phenoxy) is 1. The maximum Gasteiger partial charge on any atom is 0.222 e. The number of carbonyl (C=O) groups excluding carboxylic acids is 1. The van der Waals surface area contributed by atoms with E-state index in [0.717, 1.165) is 69.1 Å². The zero-order chi connectivity index (χ0) is 20.2. The minimum absolute atomic E-state index is 0.261. The second-order valence-electron chi connectivity index (χ2n) is 8.36. The Morgan fingerprint density at radius 3 is 2.93 bits per heavy atom. The van der Waals surface area contributed by atoms with Gasteiger partial charge in [0.15, 0.2) is 0 Å². The molecule has 1 saturated heterocycles. The first kappa shape index (κ1) is 19.9. The monoisotopic (exact) mass is 393 g/mol. The van der Waals surface area contributed by atoms with Gasteiger partial charge in [0.1, 0.15) is 11.9 Å². The number of fused-ring (bicyclic) bond motifs is 1. The number of hydrogen-bond donors (Lipinski definition) is 0. The van der Waals surface area contributed by atoms with Crippen LogP contribution in [0.4, 0.5) is 0 Å². The quantitative estimate of drug-likeness (QED) is 0.781. The first-order valence-electron chi connectivity index (χ1n) is 10.8. The molecule has 0 unspecified atom stereocenters. The van der Waals surface area contributed by atoms with E-state index >= 15 is 0 Å². The molecule has 0 radical (unpaired) electrons. The van der Waals surface area contributed by atoms with Gasteiger partial charge in [-0.3, -0.25) is 14.7 Å². The normalized spacial score (nSPS) is 19.5. The zero-order valence-electron chi connectivity index (χ0n) is 17.6. The molecule has 0 bridgehead atoms. The number of rotatable bonds is 5. The fraction of sp³-hybridized carbons (Fsp3) is 0.500. The van der Waals surface area contributed by atoms with Gasteiger partial charge in [-0.2, -0.15) is 0 Å². The molecule has 0 aliphatic carbocycles. The molecule has 1 atom stereocenters. The summed E-state index contributed by atoms with van der Waals surface area (Å²) in [4.78, 5) is 21.9. The van der Waals surface area contributed by atoms with Gasteiger partial charge in [0.2, 0.25) is 5.91 Å². The highest BCUT2D eigenvalue weighted by Crippen LogP contribution is 2.29. The first-order chi connectivity index (χ1) is 14.1. The lowest BCUT2D eigenvalue weighted by molar-refractivity contribution is -0.131. The molecule has 0 saturated carbocycles. The summed E-state index contributed by atoms with van der Waals surface area (Å²) >= 11 is 0. The van der Waals surface area contributed by atoms with Crippen molar-refractivity contribution in [2.24, 2.45) is 0 Å². The fourth-order valence-electron chi connectivity index (χ4n) is 4.34. The van der Waals surface area contributed by atoms with Gasteiger partial charge < -0.3 is 9.64 Å². The number of carbonyl (C=O) groups is 1. The molecule has 2 aliphatic heterocycles. The van der Waals surface area contributed by atoms with E-state index in [1.165, 1.54) is 11.1 Å². The van der Waals surface area contributed by atoms with Crippen LogP contribution in [0.25, 0.3) is 0 Å². The van der Waals surface area contributed by atoms with Crippen molar-refractivity contribution in [2.45, 2.75) is 52.2 Å². The van der Waals surface area contributed by atoms with Crippen LogP contribution in [0.1, 0.15) is 42.3 Å². The molecule has 4 rings (SSSR count). The van der Waals surface area contributed by atoms with E-state index in [2.05, 4.69) is 47.1 Å². The standard InChI is InChI=1S/C24H31N3O2/c1-18-5-3-6-22(25-18)17-26-11-4-12-27(14-13-26)24(28)10-8-20-7-9-23-21(16-20)15-19(2)29-23/h3,5-7,9,16,19H,4,8,10-15,17H2,1-2H3/t19-/m1/s1. The number of amides is 1. The van der Waals surface area contributed by atoms with Crippen LogP contribution in [0.15, 0.2) is 36.4 Å². The van der Waals surface area contributed by atoms with E-state index in [-0.39, 0.29) is 12.0 Å². The van der Waals surface area contributed by atoms with Crippen LogP contribution in [0, 0.1) is 6.92 Å². The molecule has 5 nitrogen and oxygen atoms in total. The second-order valence-corrected chi connectivity index (χ2v) is 8.36. The average Bonchev–Trinajstić information content (AvgIpc) is 2.91. The lowest BCUT2D eigenvalue weighted by Crippen LogP contribution is -2.35. The van der Waals surface area contributed by atoms with E-state index in [0.29, 0.717) is 6.42 Å². The van der Waals surface area contributed by atoms with Crippen molar-refractivity contribution < 1.29 is 9.53 Å². The van der Waals surface area contributed by atoms with Gasteiger partial charge in [-0.05, 0) is 56.0 Å². The third kappa shape index (κ3) is 5.15. The summed E-state index contributed by atoms with van der Waals surface area (Å²) in [7, 11) is 0. The summed E-state index contributed by atoms with van der Waals surface area (Å²) in [5.41, 5.74) is 4.68. The van der Waals surface area contributed by atoms with Crippen LogP contribution in [0.3, 0.4) is 0 Å². The van der Waals surface area contributed by atoms with E-state index < -0.39 is 0 Å². The Morgan fingerprint density at radius 2 is 2.07 bits per heavy atom. The Kier molecular flexibility index (Phi) is 6.14. The van der Waals surface area contributed by atoms with E-state index in [1.807, 2.05) is 17.9 Å². The summed E-state index contributed by atoms with van der Waals surface area (Å²) < 4.78 is 5.77. The Hall–Kier alpha value is -2.40. The number of hydrogen-bond acceptors (Lipinski definition) is 4. The summed E-state index contributed by atoms with van der Waals surface area (Å²) in [5.74, 6) is 1.27. The molecule has 0 N–H and O–H groups in total. The first-order valence-corrected chi connectivity index (χ1v) is 10.8. The highest BCUT2D eigenvalue weighted by molar-refractivity contribution is 5.76. The van der Waals surface area contributed by atoms with Crippen LogP contribution in [-0.2, 0) is 24.2 Å². The molecule has 5 heteroatoms. The lowest BCUT2D eigenvalue weighted by Gasteiger charge is -2.22.